The minimum Gasteiger partial charge on any atom is -0.260 e. The van der Waals surface area contributed by atoms with E-state index in [-0.39, 0.29) is 0 Å². The van der Waals surface area contributed by atoms with Gasteiger partial charge in [-0.25, -0.2) is 0 Å². The van der Waals surface area contributed by atoms with Crippen molar-refractivity contribution in [2.24, 2.45) is 0 Å². The number of rotatable bonds is 0. The molecule has 1 aliphatic rings. The third kappa shape index (κ3) is 2.26. The van der Waals surface area contributed by atoms with Crippen molar-refractivity contribution >= 4 is 11.9 Å². The van der Waals surface area contributed by atoms with Crippen LogP contribution in [0.4, 0.5) is 0 Å². The van der Waals surface area contributed by atoms with Crippen molar-refractivity contribution in [3.8, 4) is 0 Å². The van der Waals surface area contributed by atoms with Crippen LogP contribution < -0.4 is 4.72 Å². The first-order chi connectivity index (χ1) is 5.97. The van der Waals surface area contributed by atoms with Crippen LogP contribution in [-0.2, 0) is 6.42 Å². The monoisotopic (exact) mass is 181 g/mol. The highest BCUT2D eigenvalue weighted by Crippen LogP contribution is 2.23. The molecule has 1 aromatic carbocycles. The van der Waals surface area contributed by atoms with E-state index >= 15 is 0 Å². The van der Waals surface area contributed by atoms with Gasteiger partial charge in [0.25, 0.3) is 0 Å². The second kappa shape index (κ2) is 5.22. The molecule has 1 heterocycles. The fourth-order valence-corrected chi connectivity index (χ4v) is 1.93. The molecule has 0 saturated heterocycles. The smallest absolute Gasteiger partial charge is 0.0260 e. The molecule has 12 heavy (non-hydrogen) atoms. The normalized spacial score (nSPS) is 14.2. The summed E-state index contributed by atoms with van der Waals surface area (Å²) in [5, 5.41) is 0. The Labute approximate surface area is 78.7 Å². The molecule has 1 aromatic rings. The Bertz CT molecular complexity index is 210. The van der Waals surface area contributed by atoms with Gasteiger partial charge in [0, 0.05) is 11.4 Å². The molecule has 0 amide bonds. The molecule has 0 unspecified atom stereocenters. The average Bonchev–Trinajstić information content (AvgIpc) is 2.21. The number of hydrogen-bond acceptors (Lipinski definition) is 2. The highest BCUT2D eigenvalue weighted by atomic mass is 32.2. The molecule has 0 aromatic heterocycles. The zero-order valence-electron chi connectivity index (χ0n) is 7.63. The summed E-state index contributed by atoms with van der Waals surface area (Å²) in [7, 11) is 0. The Hall–Kier alpha value is -0.470. The zero-order valence-corrected chi connectivity index (χ0v) is 8.45. The van der Waals surface area contributed by atoms with E-state index in [0.717, 1.165) is 6.54 Å². The van der Waals surface area contributed by atoms with Crippen molar-refractivity contribution in [3.05, 3.63) is 29.8 Å². The minimum atomic E-state index is 1.10. The summed E-state index contributed by atoms with van der Waals surface area (Å²) in [6.07, 6.45) is 1.17. The Balaban J connectivity index is 0.000000336. The van der Waals surface area contributed by atoms with Crippen LogP contribution >= 0.6 is 11.9 Å². The first-order valence-corrected chi connectivity index (χ1v) is 5.26. The number of fused-ring (bicyclic) bond motifs is 1. The third-order valence-electron chi connectivity index (χ3n) is 1.65. The fourth-order valence-electron chi connectivity index (χ4n) is 1.12. The Morgan fingerprint density at radius 2 is 2.00 bits per heavy atom. The molecule has 1 nitrogen and oxygen atoms in total. The van der Waals surface area contributed by atoms with Crippen LogP contribution in [0.2, 0.25) is 0 Å². The van der Waals surface area contributed by atoms with Gasteiger partial charge >= 0.3 is 0 Å². The molecule has 1 N–H and O–H groups in total. The molecule has 0 fully saturated rings. The molecule has 0 radical (unpaired) electrons. The predicted molar refractivity (Wildman–Crippen MR) is 55.4 cm³/mol. The van der Waals surface area contributed by atoms with Crippen LogP contribution in [0.25, 0.3) is 0 Å². The lowest BCUT2D eigenvalue weighted by Gasteiger charge is -2.14. The summed E-state index contributed by atoms with van der Waals surface area (Å²) in [5.74, 6) is 0. The topological polar surface area (TPSA) is 12.0 Å². The van der Waals surface area contributed by atoms with E-state index in [2.05, 4.69) is 29.0 Å². The van der Waals surface area contributed by atoms with Crippen LogP contribution in [0.15, 0.2) is 29.2 Å². The Morgan fingerprint density at radius 3 is 2.75 bits per heavy atom. The summed E-state index contributed by atoms with van der Waals surface area (Å²) in [4.78, 5) is 1.38. The summed E-state index contributed by atoms with van der Waals surface area (Å²) >= 11 is 1.74. The standard InChI is InChI=1S/C8H9NS.C2H6/c1-2-4-8-7(3-1)5-6-9-10-8;1-2/h1-4,9H,5-6H2;1-2H3. The number of benzene rings is 1. The SMILES string of the molecule is CC.c1ccc2c(c1)CCNS2. The van der Waals surface area contributed by atoms with E-state index in [1.807, 2.05) is 13.8 Å². The molecule has 66 valence electrons. The van der Waals surface area contributed by atoms with Crippen molar-refractivity contribution in [1.29, 1.82) is 0 Å². The van der Waals surface area contributed by atoms with E-state index in [9.17, 15) is 0 Å². The Kier molecular flexibility index (Phi) is 4.19. The molecule has 0 atom stereocenters. The second-order valence-corrected chi connectivity index (χ2v) is 3.29. The van der Waals surface area contributed by atoms with Crippen LogP contribution in [0.1, 0.15) is 19.4 Å². The van der Waals surface area contributed by atoms with Gasteiger partial charge in [-0.05, 0) is 30.0 Å². The minimum absolute atomic E-state index is 1.10. The molecule has 2 rings (SSSR count). The molecular weight excluding hydrogens is 166 g/mol. The summed E-state index contributed by atoms with van der Waals surface area (Å²) in [5.41, 5.74) is 1.48. The Morgan fingerprint density at radius 1 is 1.25 bits per heavy atom. The van der Waals surface area contributed by atoms with E-state index in [0.29, 0.717) is 0 Å². The average molecular weight is 181 g/mol. The van der Waals surface area contributed by atoms with Crippen LogP contribution in [0, 0.1) is 0 Å². The molecule has 2 heteroatoms. The van der Waals surface area contributed by atoms with E-state index in [4.69, 9.17) is 0 Å². The predicted octanol–water partition coefficient (Wildman–Crippen LogP) is 2.87. The first-order valence-electron chi connectivity index (χ1n) is 4.44. The van der Waals surface area contributed by atoms with Crippen LogP contribution in [-0.4, -0.2) is 6.54 Å². The summed E-state index contributed by atoms with van der Waals surface area (Å²) in [6.45, 7) is 5.10. The zero-order chi connectivity index (χ0) is 8.81. The molecule has 0 saturated carbocycles. The van der Waals surface area contributed by atoms with E-state index in [1.54, 1.807) is 11.9 Å². The van der Waals surface area contributed by atoms with Gasteiger partial charge in [0.05, 0.1) is 0 Å². The fraction of sp³-hybridized carbons (Fsp3) is 0.400. The maximum Gasteiger partial charge on any atom is 0.0260 e. The highest BCUT2D eigenvalue weighted by molar-refractivity contribution is 7.97. The van der Waals surface area contributed by atoms with Gasteiger partial charge in [0.1, 0.15) is 0 Å². The van der Waals surface area contributed by atoms with Crippen molar-refractivity contribution in [1.82, 2.24) is 4.72 Å². The second-order valence-electron chi connectivity index (χ2n) is 2.35. The maximum absolute atomic E-state index is 3.26. The molecule has 0 bridgehead atoms. The molecule has 0 aliphatic carbocycles. The number of nitrogens with one attached hydrogen (secondary N) is 1. The van der Waals surface area contributed by atoms with Crippen molar-refractivity contribution in [2.75, 3.05) is 6.54 Å². The maximum atomic E-state index is 3.26. The van der Waals surface area contributed by atoms with E-state index in [1.165, 1.54) is 16.9 Å². The van der Waals surface area contributed by atoms with Gasteiger partial charge in [0.15, 0.2) is 0 Å². The van der Waals surface area contributed by atoms with Gasteiger partial charge < -0.3 is 0 Å². The lowest BCUT2D eigenvalue weighted by molar-refractivity contribution is 0.865. The summed E-state index contributed by atoms with van der Waals surface area (Å²) in [6, 6.07) is 8.54. The highest BCUT2D eigenvalue weighted by Gasteiger charge is 2.06. The number of hydrogen-bond donors (Lipinski definition) is 1. The molecular formula is C10H15NS. The van der Waals surface area contributed by atoms with Gasteiger partial charge in [0.2, 0.25) is 0 Å². The summed E-state index contributed by atoms with van der Waals surface area (Å²) < 4.78 is 3.26. The van der Waals surface area contributed by atoms with Crippen molar-refractivity contribution in [3.63, 3.8) is 0 Å². The molecule has 1 aliphatic heterocycles. The van der Waals surface area contributed by atoms with Gasteiger partial charge in [-0.15, -0.1) is 0 Å². The molecule has 0 spiro atoms. The van der Waals surface area contributed by atoms with Crippen LogP contribution in [0.5, 0.6) is 0 Å². The van der Waals surface area contributed by atoms with Gasteiger partial charge in [-0.3, -0.25) is 4.72 Å². The van der Waals surface area contributed by atoms with Crippen LogP contribution in [0.3, 0.4) is 0 Å². The lowest BCUT2D eigenvalue weighted by atomic mass is 10.1. The quantitative estimate of drug-likeness (QED) is 0.618. The van der Waals surface area contributed by atoms with Gasteiger partial charge in [-0.1, -0.05) is 32.0 Å². The van der Waals surface area contributed by atoms with Gasteiger partial charge in [-0.2, -0.15) is 0 Å². The van der Waals surface area contributed by atoms with Crippen molar-refractivity contribution in [2.45, 2.75) is 25.2 Å². The third-order valence-corrected chi connectivity index (χ3v) is 2.62. The largest absolute Gasteiger partial charge is 0.260 e. The van der Waals surface area contributed by atoms with E-state index < -0.39 is 0 Å². The van der Waals surface area contributed by atoms with Crippen molar-refractivity contribution < 1.29 is 0 Å². The first kappa shape index (κ1) is 9.62. The lowest BCUT2D eigenvalue weighted by Crippen LogP contribution is -2.14.